The van der Waals surface area contributed by atoms with E-state index in [2.05, 4.69) is 0 Å². The van der Waals surface area contributed by atoms with E-state index in [-0.39, 0.29) is 23.7 Å². The number of rotatable bonds is 4. The Morgan fingerprint density at radius 1 is 1.19 bits per heavy atom. The average Bonchev–Trinajstić information content (AvgIpc) is 3.11. The summed E-state index contributed by atoms with van der Waals surface area (Å²) in [6, 6.07) is 9.82. The molecule has 0 bridgehead atoms. The predicted molar refractivity (Wildman–Crippen MR) is 98.3 cm³/mol. The Morgan fingerprint density at radius 3 is 2.74 bits per heavy atom. The van der Waals surface area contributed by atoms with Crippen LogP contribution in [-0.2, 0) is 24.2 Å². The molecule has 1 heterocycles. The van der Waals surface area contributed by atoms with Gasteiger partial charge in [-0.25, -0.2) is 9.59 Å². The molecule has 0 fully saturated rings. The highest BCUT2D eigenvalue weighted by Crippen LogP contribution is 2.31. The molecule has 4 rings (SSSR count). The van der Waals surface area contributed by atoms with E-state index in [0.29, 0.717) is 11.1 Å². The topological polar surface area (TPSA) is 86.0 Å². The molecule has 138 valence electrons. The van der Waals surface area contributed by atoms with Gasteiger partial charge in [0.2, 0.25) is 0 Å². The number of phenols is 1. The minimum Gasteiger partial charge on any atom is -0.504 e. The first-order valence-electron chi connectivity index (χ1n) is 8.68. The minimum atomic E-state index is -0.700. The van der Waals surface area contributed by atoms with Gasteiger partial charge < -0.3 is 19.0 Å². The molecule has 0 radical (unpaired) electrons. The Bertz CT molecular complexity index is 1100. The number of esters is 1. The second-order valence-corrected chi connectivity index (χ2v) is 6.49. The van der Waals surface area contributed by atoms with E-state index in [1.807, 2.05) is 12.1 Å². The Labute approximate surface area is 155 Å². The largest absolute Gasteiger partial charge is 0.504 e. The molecule has 1 aromatic heterocycles. The lowest BCUT2D eigenvalue weighted by Gasteiger charge is -2.11. The molecule has 0 saturated carbocycles. The third kappa shape index (κ3) is 3.14. The highest BCUT2D eigenvalue weighted by molar-refractivity contribution is 5.93. The van der Waals surface area contributed by atoms with Gasteiger partial charge in [0, 0.05) is 17.0 Å². The number of methoxy groups -OCH3 is 1. The van der Waals surface area contributed by atoms with Gasteiger partial charge in [-0.05, 0) is 54.7 Å². The van der Waals surface area contributed by atoms with Gasteiger partial charge >= 0.3 is 11.6 Å². The Morgan fingerprint density at radius 2 is 1.96 bits per heavy atom. The molecule has 0 amide bonds. The van der Waals surface area contributed by atoms with E-state index >= 15 is 0 Å². The van der Waals surface area contributed by atoms with Gasteiger partial charge in [0.25, 0.3) is 0 Å². The smallest absolute Gasteiger partial charge is 0.342 e. The van der Waals surface area contributed by atoms with Crippen molar-refractivity contribution in [3.63, 3.8) is 0 Å². The lowest BCUT2D eigenvalue weighted by molar-refractivity contribution is 0.0470. The van der Waals surface area contributed by atoms with E-state index in [4.69, 9.17) is 13.9 Å². The van der Waals surface area contributed by atoms with Gasteiger partial charge in [-0.15, -0.1) is 0 Å². The molecule has 27 heavy (non-hydrogen) atoms. The third-order valence-corrected chi connectivity index (χ3v) is 4.84. The molecule has 0 atom stereocenters. The number of hydrogen-bond donors (Lipinski definition) is 1. The zero-order chi connectivity index (χ0) is 19.0. The van der Waals surface area contributed by atoms with E-state index < -0.39 is 11.6 Å². The van der Waals surface area contributed by atoms with E-state index in [9.17, 15) is 14.7 Å². The number of aromatic hydroxyl groups is 1. The summed E-state index contributed by atoms with van der Waals surface area (Å²) in [6.07, 6.45) is 3.04. The maximum Gasteiger partial charge on any atom is 0.342 e. The van der Waals surface area contributed by atoms with Crippen molar-refractivity contribution >= 4 is 16.9 Å². The van der Waals surface area contributed by atoms with Crippen molar-refractivity contribution in [3.05, 3.63) is 69.1 Å². The van der Waals surface area contributed by atoms with Gasteiger partial charge in [-0.2, -0.15) is 0 Å². The summed E-state index contributed by atoms with van der Waals surface area (Å²) in [5.41, 5.74) is 3.01. The molecule has 1 aliphatic carbocycles. The monoisotopic (exact) mass is 366 g/mol. The summed E-state index contributed by atoms with van der Waals surface area (Å²) in [4.78, 5) is 24.3. The quantitative estimate of drug-likeness (QED) is 0.563. The van der Waals surface area contributed by atoms with Crippen molar-refractivity contribution < 1.29 is 23.8 Å². The van der Waals surface area contributed by atoms with Crippen LogP contribution in [0.5, 0.6) is 11.5 Å². The van der Waals surface area contributed by atoms with Crippen LogP contribution in [0, 0.1) is 0 Å². The molecule has 2 aromatic carbocycles. The average molecular weight is 366 g/mol. The maximum absolute atomic E-state index is 12.4. The number of para-hydroxylation sites is 1. The van der Waals surface area contributed by atoms with Crippen LogP contribution in [0.4, 0.5) is 0 Å². The zero-order valence-electron chi connectivity index (χ0n) is 14.8. The van der Waals surface area contributed by atoms with Crippen molar-refractivity contribution in [2.24, 2.45) is 0 Å². The molecule has 0 saturated heterocycles. The van der Waals surface area contributed by atoms with Gasteiger partial charge in [0.05, 0.1) is 7.11 Å². The maximum atomic E-state index is 12.4. The number of phenolic OH excluding ortho intramolecular Hbond substituents is 1. The van der Waals surface area contributed by atoms with Crippen LogP contribution >= 0.6 is 0 Å². The SMILES string of the molecule is COc1cccc(C(=O)OCc2cc(=O)oc3cc4c(cc23)CCC4)c1O. The van der Waals surface area contributed by atoms with Crippen LogP contribution < -0.4 is 10.4 Å². The van der Waals surface area contributed by atoms with Crippen LogP contribution in [0.25, 0.3) is 11.0 Å². The number of fused-ring (bicyclic) bond motifs is 2. The fraction of sp³-hybridized carbons (Fsp3) is 0.238. The first-order chi connectivity index (χ1) is 13.1. The highest BCUT2D eigenvalue weighted by Gasteiger charge is 2.18. The molecule has 1 aliphatic rings. The van der Waals surface area contributed by atoms with Crippen molar-refractivity contribution in [3.8, 4) is 11.5 Å². The van der Waals surface area contributed by atoms with E-state index in [0.717, 1.165) is 24.6 Å². The fourth-order valence-corrected chi connectivity index (χ4v) is 3.49. The van der Waals surface area contributed by atoms with Gasteiger partial charge in [-0.3, -0.25) is 0 Å². The second kappa shape index (κ2) is 6.79. The Balaban J connectivity index is 1.64. The highest BCUT2D eigenvalue weighted by atomic mass is 16.5. The van der Waals surface area contributed by atoms with E-state index in [1.165, 1.54) is 30.4 Å². The van der Waals surface area contributed by atoms with Crippen molar-refractivity contribution in [1.82, 2.24) is 0 Å². The summed E-state index contributed by atoms with van der Waals surface area (Å²) >= 11 is 0. The van der Waals surface area contributed by atoms with Gasteiger partial charge in [0.1, 0.15) is 17.8 Å². The summed E-state index contributed by atoms with van der Waals surface area (Å²) in [5.74, 6) is -0.792. The molecule has 1 N–H and O–H groups in total. The standard InChI is InChI=1S/C21H18O6/c1-25-17-7-3-6-15(20(17)23)21(24)26-11-14-10-19(22)27-18-9-13-5-2-4-12(13)8-16(14)18/h3,6-10,23H,2,4-5,11H2,1H3. The normalized spacial score (nSPS) is 12.8. The third-order valence-electron chi connectivity index (χ3n) is 4.84. The van der Waals surface area contributed by atoms with Gasteiger partial charge in [-0.1, -0.05) is 6.07 Å². The predicted octanol–water partition coefficient (Wildman–Crippen LogP) is 3.35. The zero-order valence-corrected chi connectivity index (χ0v) is 14.8. The molecule has 0 spiro atoms. The Hall–Kier alpha value is -3.28. The van der Waals surface area contributed by atoms with Crippen LogP contribution in [-0.4, -0.2) is 18.2 Å². The van der Waals surface area contributed by atoms with Gasteiger partial charge in [0.15, 0.2) is 11.5 Å². The van der Waals surface area contributed by atoms with Crippen molar-refractivity contribution in [1.29, 1.82) is 0 Å². The lowest BCUT2D eigenvalue weighted by Crippen LogP contribution is -2.08. The number of hydrogen-bond acceptors (Lipinski definition) is 6. The van der Waals surface area contributed by atoms with Crippen molar-refractivity contribution in [2.45, 2.75) is 25.9 Å². The number of benzene rings is 2. The van der Waals surface area contributed by atoms with E-state index in [1.54, 1.807) is 12.1 Å². The van der Waals surface area contributed by atoms with Crippen LogP contribution in [0.2, 0.25) is 0 Å². The minimum absolute atomic E-state index is 0.00233. The van der Waals surface area contributed by atoms with Crippen LogP contribution in [0.1, 0.15) is 33.5 Å². The molecule has 0 unspecified atom stereocenters. The van der Waals surface area contributed by atoms with Crippen molar-refractivity contribution in [2.75, 3.05) is 7.11 Å². The Kier molecular flexibility index (Phi) is 4.32. The second-order valence-electron chi connectivity index (χ2n) is 6.49. The number of carbonyl (C=O) groups excluding carboxylic acids is 1. The summed E-state index contributed by atoms with van der Waals surface area (Å²) < 4.78 is 15.7. The number of carbonyl (C=O) groups is 1. The first kappa shape index (κ1) is 17.1. The number of aryl methyl sites for hydroxylation is 2. The number of ether oxygens (including phenoxy) is 2. The summed E-state index contributed by atoms with van der Waals surface area (Å²) in [7, 11) is 1.40. The fourth-order valence-electron chi connectivity index (χ4n) is 3.49. The summed E-state index contributed by atoms with van der Waals surface area (Å²) in [6.45, 7) is -0.101. The molecular formula is C21H18O6. The molecular weight excluding hydrogens is 348 g/mol. The molecule has 0 aliphatic heterocycles. The van der Waals surface area contributed by atoms with Crippen LogP contribution in [0.3, 0.4) is 0 Å². The van der Waals surface area contributed by atoms with Crippen LogP contribution in [0.15, 0.2) is 45.6 Å². The molecule has 6 nitrogen and oxygen atoms in total. The lowest BCUT2D eigenvalue weighted by atomic mass is 10.0. The first-order valence-corrected chi connectivity index (χ1v) is 8.68. The molecule has 6 heteroatoms. The summed E-state index contributed by atoms with van der Waals surface area (Å²) in [5, 5.41) is 10.8. The molecule has 3 aromatic rings.